The monoisotopic (exact) mass is 319 g/mol. The van der Waals surface area contributed by atoms with Crippen molar-refractivity contribution < 1.29 is 13.2 Å². The molecule has 0 aliphatic heterocycles. The van der Waals surface area contributed by atoms with E-state index in [0.717, 1.165) is 11.1 Å². The van der Waals surface area contributed by atoms with Crippen molar-refractivity contribution in [3.8, 4) is 11.1 Å². The van der Waals surface area contributed by atoms with Gasteiger partial charge in [0.1, 0.15) is 0 Å². The fraction of sp³-hybridized carbons (Fsp3) is 0.200. The normalized spacial score (nSPS) is 11.1. The molecular formula is C15H17N3O3S. The third kappa shape index (κ3) is 4.37. The van der Waals surface area contributed by atoms with Gasteiger partial charge in [0, 0.05) is 25.5 Å². The highest BCUT2D eigenvalue weighted by atomic mass is 32.2. The molecule has 0 radical (unpaired) electrons. The van der Waals surface area contributed by atoms with E-state index in [0.29, 0.717) is 19.4 Å². The lowest BCUT2D eigenvalue weighted by molar-refractivity contribution is -0.109. The molecule has 2 N–H and O–H groups in total. The van der Waals surface area contributed by atoms with Crippen molar-refractivity contribution in [2.45, 2.75) is 11.3 Å². The highest BCUT2D eigenvalue weighted by Gasteiger charge is 2.13. The van der Waals surface area contributed by atoms with E-state index >= 15 is 0 Å². The van der Waals surface area contributed by atoms with Crippen LogP contribution >= 0.6 is 0 Å². The summed E-state index contributed by atoms with van der Waals surface area (Å²) in [7, 11) is -3.52. The highest BCUT2D eigenvalue weighted by Crippen LogP contribution is 2.20. The summed E-state index contributed by atoms with van der Waals surface area (Å²) in [5.41, 5.74) is 1.91. The Kier molecular flexibility index (Phi) is 5.62. The Morgan fingerprint density at radius 2 is 1.59 bits per heavy atom. The molecule has 0 aliphatic carbocycles. The molecule has 0 unspecified atom stereocenters. The summed E-state index contributed by atoms with van der Waals surface area (Å²) in [6, 6.07) is 10.4. The molecule has 2 aromatic rings. The molecule has 0 bridgehead atoms. The summed E-state index contributed by atoms with van der Waals surface area (Å²) in [6.07, 6.45) is 4.50. The molecule has 0 saturated carbocycles. The predicted molar refractivity (Wildman–Crippen MR) is 83.5 cm³/mol. The van der Waals surface area contributed by atoms with Gasteiger partial charge in [-0.1, -0.05) is 12.1 Å². The Labute approximate surface area is 129 Å². The first-order chi connectivity index (χ1) is 10.6. The van der Waals surface area contributed by atoms with Crippen LogP contribution in [0.3, 0.4) is 0 Å². The lowest BCUT2D eigenvalue weighted by atomic mass is 10.1. The van der Waals surface area contributed by atoms with E-state index in [9.17, 15) is 13.2 Å². The third-order valence-corrected chi connectivity index (χ3v) is 4.53. The topological polar surface area (TPSA) is 88.2 Å². The Morgan fingerprint density at radius 1 is 0.955 bits per heavy atom. The summed E-state index contributed by atoms with van der Waals surface area (Å²) >= 11 is 0. The zero-order valence-corrected chi connectivity index (χ0v) is 12.7. The average Bonchev–Trinajstić information content (AvgIpc) is 2.55. The molecule has 1 amide bonds. The van der Waals surface area contributed by atoms with Crippen molar-refractivity contribution in [3.63, 3.8) is 0 Å². The summed E-state index contributed by atoms with van der Waals surface area (Å²) in [5, 5.41) is 2.48. The van der Waals surface area contributed by atoms with Crippen molar-refractivity contribution in [1.82, 2.24) is 15.0 Å². The van der Waals surface area contributed by atoms with Crippen LogP contribution < -0.4 is 10.0 Å². The van der Waals surface area contributed by atoms with Gasteiger partial charge in [-0.3, -0.25) is 9.78 Å². The number of sulfonamides is 1. The number of carbonyl (C=O) groups excluding carboxylic acids is 1. The quantitative estimate of drug-likeness (QED) is 0.564. The van der Waals surface area contributed by atoms with Crippen LogP contribution in [0.5, 0.6) is 0 Å². The molecule has 2 rings (SSSR count). The van der Waals surface area contributed by atoms with Gasteiger partial charge in [-0.05, 0) is 41.8 Å². The Balaban J connectivity index is 2.01. The standard InChI is InChI=1S/C15H17N3O3S/c19-12-17-8-1-9-18-22(20,21)15-4-2-13(3-5-15)14-6-10-16-11-7-14/h2-7,10-12,18H,1,8-9H2,(H,17,19). The fourth-order valence-corrected chi connectivity index (χ4v) is 2.98. The number of hydrogen-bond acceptors (Lipinski definition) is 4. The SMILES string of the molecule is O=CNCCCNS(=O)(=O)c1ccc(-c2ccncc2)cc1. The van der Waals surface area contributed by atoms with E-state index in [4.69, 9.17) is 0 Å². The van der Waals surface area contributed by atoms with E-state index < -0.39 is 10.0 Å². The van der Waals surface area contributed by atoms with Crippen molar-refractivity contribution in [3.05, 3.63) is 48.8 Å². The maximum Gasteiger partial charge on any atom is 0.240 e. The van der Waals surface area contributed by atoms with Gasteiger partial charge in [-0.2, -0.15) is 0 Å². The summed E-state index contributed by atoms with van der Waals surface area (Å²) in [6.45, 7) is 0.711. The Hall–Kier alpha value is -2.25. The van der Waals surface area contributed by atoms with Gasteiger partial charge in [0.25, 0.3) is 0 Å². The van der Waals surface area contributed by atoms with Gasteiger partial charge in [0.05, 0.1) is 4.90 Å². The highest BCUT2D eigenvalue weighted by molar-refractivity contribution is 7.89. The number of benzene rings is 1. The summed E-state index contributed by atoms with van der Waals surface area (Å²) in [4.78, 5) is 14.2. The molecule has 1 aromatic carbocycles. The predicted octanol–water partition coefficient (Wildman–Crippen LogP) is 1.16. The van der Waals surface area contributed by atoms with E-state index in [-0.39, 0.29) is 11.4 Å². The van der Waals surface area contributed by atoms with Crippen LogP contribution in [-0.4, -0.2) is 32.9 Å². The molecule has 0 atom stereocenters. The molecule has 0 aliphatic rings. The number of carbonyl (C=O) groups is 1. The number of nitrogens with one attached hydrogen (secondary N) is 2. The van der Waals surface area contributed by atoms with E-state index in [1.807, 2.05) is 12.1 Å². The number of aromatic nitrogens is 1. The molecule has 22 heavy (non-hydrogen) atoms. The van der Waals surface area contributed by atoms with E-state index in [1.165, 1.54) is 0 Å². The largest absolute Gasteiger partial charge is 0.359 e. The van der Waals surface area contributed by atoms with Gasteiger partial charge in [0.15, 0.2) is 0 Å². The molecule has 0 spiro atoms. The van der Waals surface area contributed by atoms with Crippen molar-refractivity contribution in [2.75, 3.05) is 13.1 Å². The van der Waals surface area contributed by atoms with Gasteiger partial charge in [0.2, 0.25) is 16.4 Å². The van der Waals surface area contributed by atoms with Crippen molar-refractivity contribution >= 4 is 16.4 Å². The minimum Gasteiger partial charge on any atom is -0.359 e. The molecular weight excluding hydrogens is 302 g/mol. The minimum absolute atomic E-state index is 0.216. The third-order valence-electron chi connectivity index (χ3n) is 3.05. The average molecular weight is 319 g/mol. The zero-order chi connectivity index (χ0) is 15.8. The van der Waals surface area contributed by atoms with Crippen LogP contribution in [0.4, 0.5) is 0 Å². The van der Waals surface area contributed by atoms with Crippen LogP contribution in [0.15, 0.2) is 53.7 Å². The summed E-state index contributed by atoms with van der Waals surface area (Å²) in [5.74, 6) is 0. The van der Waals surface area contributed by atoms with Crippen LogP contribution in [0.1, 0.15) is 6.42 Å². The van der Waals surface area contributed by atoms with Crippen molar-refractivity contribution in [1.29, 1.82) is 0 Å². The Morgan fingerprint density at radius 3 is 2.23 bits per heavy atom. The molecule has 6 nitrogen and oxygen atoms in total. The minimum atomic E-state index is -3.52. The number of nitrogens with zero attached hydrogens (tertiary/aromatic N) is 1. The first-order valence-corrected chi connectivity index (χ1v) is 8.29. The smallest absolute Gasteiger partial charge is 0.240 e. The lowest BCUT2D eigenvalue weighted by Gasteiger charge is -2.07. The number of pyridine rings is 1. The Bertz CT molecular complexity index is 701. The van der Waals surface area contributed by atoms with Crippen LogP contribution in [-0.2, 0) is 14.8 Å². The van der Waals surface area contributed by atoms with Gasteiger partial charge in [-0.15, -0.1) is 0 Å². The van der Waals surface area contributed by atoms with Gasteiger partial charge >= 0.3 is 0 Å². The van der Waals surface area contributed by atoms with Crippen LogP contribution in [0.25, 0.3) is 11.1 Å². The van der Waals surface area contributed by atoms with E-state index in [1.54, 1.807) is 36.7 Å². The second-order valence-electron chi connectivity index (χ2n) is 4.58. The van der Waals surface area contributed by atoms with Crippen LogP contribution in [0, 0.1) is 0 Å². The first-order valence-electron chi connectivity index (χ1n) is 6.80. The number of rotatable bonds is 8. The maximum atomic E-state index is 12.1. The van der Waals surface area contributed by atoms with Gasteiger partial charge < -0.3 is 5.32 Å². The maximum absolute atomic E-state index is 12.1. The molecule has 0 fully saturated rings. The molecule has 0 saturated heterocycles. The second-order valence-corrected chi connectivity index (χ2v) is 6.35. The lowest BCUT2D eigenvalue weighted by Crippen LogP contribution is -2.27. The number of amides is 1. The van der Waals surface area contributed by atoms with Gasteiger partial charge in [-0.25, -0.2) is 13.1 Å². The van der Waals surface area contributed by atoms with E-state index in [2.05, 4.69) is 15.0 Å². The van der Waals surface area contributed by atoms with Crippen molar-refractivity contribution in [2.24, 2.45) is 0 Å². The first kappa shape index (κ1) is 16.1. The van der Waals surface area contributed by atoms with Crippen LogP contribution in [0.2, 0.25) is 0 Å². The molecule has 7 heteroatoms. The number of hydrogen-bond donors (Lipinski definition) is 2. The summed E-state index contributed by atoms with van der Waals surface area (Å²) < 4.78 is 26.7. The second kappa shape index (κ2) is 7.67. The fourth-order valence-electron chi connectivity index (χ4n) is 1.91. The molecule has 1 aromatic heterocycles. The molecule has 116 valence electrons. The molecule has 1 heterocycles. The zero-order valence-electron chi connectivity index (χ0n) is 11.9.